The van der Waals surface area contributed by atoms with E-state index in [1.165, 1.54) is 6.07 Å². The second kappa shape index (κ2) is 7.37. The third-order valence-corrected chi connectivity index (χ3v) is 5.99. The lowest BCUT2D eigenvalue weighted by Gasteiger charge is -2.21. The maximum absolute atomic E-state index is 14.6. The van der Waals surface area contributed by atoms with E-state index < -0.39 is 39.9 Å². The third kappa shape index (κ3) is 3.68. The molecule has 0 aliphatic carbocycles. The molecule has 2 heterocycles. The number of phenolic OH excluding ortho intramolecular Hbond substituents is 1. The number of amides is 1. The highest BCUT2D eigenvalue weighted by Gasteiger charge is 2.37. The maximum Gasteiger partial charge on any atom is 0.326 e. The molecule has 10 nitrogen and oxygen atoms in total. The number of aliphatic imine (C=N–C) groups is 1. The van der Waals surface area contributed by atoms with Crippen LogP contribution < -0.4 is 24.4 Å². The number of benzene rings is 2. The van der Waals surface area contributed by atoms with Crippen molar-refractivity contribution in [1.29, 1.82) is 0 Å². The SMILES string of the molecule is COc1ccc2c(c1)NC(NCc1cc(O)c(N3CC(=O)NS3(=O)=O)c(F)c1)=NC2. The summed E-state index contributed by atoms with van der Waals surface area (Å²) < 4.78 is 45.8. The Labute approximate surface area is 171 Å². The summed E-state index contributed by atoms with van der Waals surface area (Å²) in [6, 6.07) is 7.88. The fourth-order valence-corrected chi connectivity index (χ4v) is 4.36. The molecule has 12 heteroatoms. The number of methoxy groups -OCH3 is 1. The number of phenols is 1. The van der Waals surface area contributed by atoms with E-state index in [0.29, 0.717) is 28.1 Å². The zero-order chi connectivity index (χ0) is 21.5. The van der Waals surface area contributed by atoms with Crippen molar-refractivity contribution in [1.82, 2.24) is 10.0 Å². The molecular weight excluding hydrogens is 417 g/mol. The Balaban J connectivity index is 1.49. The fourth-order valence-electron chi connectivity index (χ4n) is 3.19. The van der Waals surface area contributed by atoms with Gasteiger partial charge in [-0.15, -0.1) is 0 Å². The molecule has 4 N–H and O–H groups in total. The van der Waals surface area contributed by atoms with E-state index in [9.17, 15) is 22.7 Å². The standard InChI is InChI=1S/C18H18FN5O5S/c1-29-12-3-2-11-8-21-18(22-14(11)6-12)20-7-10-4-13(19)17(15(25)5-10)24-9-16(26)23-30(24,27)28/h2-6,25H,7-9H2,1H3,(H,23,26)(H2,20,21,22). The van der Waals surface area contributed by atoms with Gasteiger partial charge in [-0.1, -0.05) is 6.07 Å². The van der Waals surface area contributed by atoms with Gasteiger partial charge in [-0.3, -0.25) is 4.79 Å². The molecule has 0 unspecified atom stereocenters. The van der Waals surface area contributed by atoms with E-state index in [1.54, 1.807) is 11.8 Å². The van der Waals surface area contributed by atoms with Crippen molar-refractivity contribution in [3.8, 4) is 11.5 Å². The lowest BCUT2D eigenvalue weighted by atomic mass is 10.1. The molecule has 2 aromatic carbocycles. The van der Waals surface area contributed by atoms with Gasteiger partial charge in [0, 0.05) is 18.3 Å². The minimum absolute atomic E-state index is 0.111. The minimum Gasteiger partial charge on any atom is -0.506 e. The topological polar surface area (TPSA) is 132 Å². The Morgan fingerprint density at radius 3 is 2.80 bits per heavy atom. The largest absolute Gasteiger partial charge is 0.506 e. The van der Waals surface area contributed by atoms with Crippen LogP contribution in [0.4, 0.5) is 15.8 Å². The van der Waals surface area contributed by atoms with Gasteiger partial charge in [0.15, 0.2) is 11.8 Å². The first-order valence-corrected chi connectivity index (χ1v) is 10.3. The minimum atomic E-state index is -4.23. The van der Waals surface area contributed by atoms with Crippen LogP contribution in [0.15, 0.2) is 35.3 Å². The fraction of sp³-hybridized carbons (Fsp3) is 0.222. The molecule has 158 valence electrons. The third-order valence-electron chi connectivity index (χ3n) is 4.61. The highest BCUT2D eigenvalue weighted by atomic mass is 32.2. The maximum atomic E-state index is 14.6. The number of carbonyl (C=O) groups is 1. The van der Waals surface area contributed by atoms with Crippen molar-refractivity contribution in [3.63, 3.8) is 0 Å². The quantitative estimate of drug-likeness (QED) is 0.558. The summed E-state index contributed by atoms with van der Waals surface area (Å²) in [5.74, 6) is -1.23. The highest BCUT2D eigenvalue weighted by molar-refractivity contribution is 7.92. The molecule has 0 spiro atoms. The van der Waals surface area contributed by atoms with E-state index in [4.69, 9.17) is 4.74 Å². The first-order chi connectivity index (χ1) is 14.3. The monoisotopic (exact) mass is 435 g/mol. The number of hydrogen-bond acceptors (Lipinski definition) is 8. The molecule has 2 aliphatic rings. The number of nitrogens with zero attached hydrogens (tertiary/aromatic N) is 2. The molecule has 1 saturated heterocycles. The number of hydrogen-bond donors (Lipinski definition) is 4. The van der Waals surface area contributed by atoms with Crippen LogP contribution in [0, 0.1) is 5.82 Å². The van der Waals surface area contributed by atoms with Crippen molar-refractivity contribution < 1.29 is 27.4 Å². The summed E-state index contributed by atoms with van der Waals surface area (Å²) in [5, 5.41) is 16.3. The number of aromatic hydroxyl groups is 1. The van der Waals surface area contributed by atoms with Gasteiger partial charge in [0.05, 0.1) is 13.7 Å². The summed E-state index contributed by atoms with van der Waals surface area (Å²) in [6.45, 7) is -0.0467. The molecule has 0 radical (unpaired) electrons. The van der Waals surface area contributed by atoms with Gasteiger partial charge in [0.2, 0.25) is 0 Å². The highest BCUT2D eigenvalue weighted by Crippen LogP contribution is 2.34. The van der Waals surface area contributed by atoms with E-state index in [1.807, 2.05) is 18.2 Å². The second-order valence-corrected chi connectivity index (χ2v) is 8.24. The Morgan fingerprint density at radius 1 is 1.33 bits per heavy atom. The van der Waals surface area contributed by atoms with Gasteiger partial charge in [-0.25, -0.2) is 18.4 Å². The average Bonchev–Trinajstić information content (AvgIpc) is 2.97. The molecule has 30 heavy (non-hydrogen) atoms. The van der Waals surface area contributed by atoms with Gasteiger partial charge >= 0.3 is 10.2 Å². The number of ether oxygens (including phenoxy) is 1. The Kier molecular flexibility index (Phi) is 4.86. The molecule has 2 aromatic rings. The van der Waals surface area contributed by atoms with Crippen molar-refractivity contribution in [2.24, 2.45) is 4.99 Å². The number of halogens is 1. The summed E-state index contributed by atoms with van der Waals surface area (Å²) in [7, 11) is -2.66. The van der Waals surface area contributed by atoms with Crippen molar-refractivity contribution >= 4 is 33.5 Å². The molecule has 1 fully saturated rings. The van der Waals surface area contributed by atoms with Crippen LogP contribution in [0.1, 0.15) is 11.1 Å². The number of anilines is 2. The molecule has 1 amide bonds. The number of carbonyl (C=O) groups excluding carboxylic acids is 1. The predicted molar refractivity (Wildman–Crippen MR) is 107 cm³/mol. The Morgan fingerprint density at radius 2 is 2.13 bits per heavy atom. The summed E-state index contributed by atoms with van der Waals surface area (Å²) in [4.78, 5) is 15.7. The van der Waals surface area contributed by atoms with Crippen LogP contribution in [-0.2, 0) is 28.1 Å². The summed E-state index contributed by atoms with van der Waals surface area (Å²) in [6.07, 6.45) is 0. The van der Waals surface area contributed by atoms with Gasteiger partial charge in [0.25, 0.3) is 5.91 Å². The number of nitrogens with one attached hydrogen (secondary N) is 3. The second-order valence-electron chi connectivity index (χ2n) is 6.65. The lowest BCUT2D eigenvalue weighted by Crippen LogP contribution is -2.33. The summed E-state index contributed by atoms with van der Waals surface area (Å²) >= 11 is 0. The van der Waals surface area contributed by atoms with Crippen LogP contribution in [0.5, 0.6) is 11.5 Å². The zero-order valence-corrected chi connectivity index (χ0v) is 16.6. The summed E-state index contributed by atoms with van der Waals surface area (Å²) in [5.41, 5.74) is 1.59. The number of rotatable bonds is 4. The van der Waals surface area contributed by atoms with Gasteiger partial charge < -0.3 is 20.5 Å². The van der Waals surface area contributed by atoms with Gasteiger partial charge in [0.1, 0.15) is 23.7 Å². The molecular formula is C18H18FN5O5S. The van der Waals surface area contributed by atoms with Crippen LogP contribution >= 0.6 is 0 Å². The molecule has 0 saturated carbocycles. The van der Waals surface area contributed by atoms with Gasteiger partial charge in [-0.05, 0) is 29.3 Å². The van der Waals surface area contributed by atoms with Crippen molar-refractivity contribution in [2.45, 2.75) is 13.1 Å². The molecule has 0 aromatic heterocycles. The molecule has 4 rings (SSSR count). The Bertz CT molecular complexity index is 1140. The van der Waals surface area contributed by atoms with E-state index in [2.05, 4.69) is 15.6 Å². The molecule has 2 aliphatic heterocycles. The lowest BCUT2D eigenvalue weighted by molar-refractivity contribution is -0.117. The van der Waals surface area contributed by atoms with Crippen LogP contribution in [0.3, 0.4) is 0 Å². The first-order valence-electron chi connectivity index (χ1n) is 8.84. The smallest absolute Gasteiger partial charge is 0.326 e. The van der Waals surface area contributed by atoms with Crippen molar-refractivity contribution in [3.05, 3.63) is 47.3 Å². The van der Waals surface area contributed by atoms with E-state index in [-0.39, 0.29) is 6.54 Å². The van der Waals surface area contributed by atoms with E-state index >= 15 is 0 Å². The zero-order valence-electron chi connectivity index (χ0n) is 15.8. The first kappa shape index (κ1) is 19.8. The normalized spacial score (nSPS) is 16.9. The van der Waals surface area contributed by atoms with Crippen LogP contribution in [0.25, 0.3) is 0 Å². The molecule has 0 atom stereocenters. The predicted octanol–water partition coefficient (Wildman–Crippen LogP) is 0.792. The van der Waals surface area contributed by atoms with E-state index in [0.717, 1.165) is 17.3 Å². The van der Waals surface area contributed by atoms with Crippen LogP contribution in [-0.4, -0.2) is 39.0 Å². The van der Waals surface area contributed by atoms with Gasteiger partial charge in [-0.2, -0.15) is 8.42 Å². The number of fused-ring (bicyclic) bond motifs is 1. The van der Waals surface area contributed by atoms with Crippen molar-refractivity contribution in [2.75, 3.05) is 23.3 Å². The average molecular weight is 435 g/mol. The van der Waals surface area contributed by atoms with Crippen LogP contribution in [0.2, 0.25) is 0 Å². The Hall–Kier alpha value is -3.54. The molecule has 0 bridgehead atoms. The number of guanidine groups is 1.